The maximum atomic E-state index is 14.3. The molecule has 162 valence electrons. The molecule has 3 amide bonds. The zero-order chi connectivity index (χ0) is 22.3. The number of carbonyl (C=O) groups is 2. The van der Waals surface area contributed by atoms with E-state index < -0.39 is 22.5 Å². The Balaban J connectivity index is 1.52. The minimum Gasteiger partial charge on any atom is -0.308 e. The number of nitrogens with zero attached hydrogens (tertiary/aromatic N) is 2. The minimum atomic E-state index is -1.25. The molecule has 32 heavy (non-hydrogen) atoms. The summed E-state index contributed by atoms with van der Waals surface area (Å²) in [6.07, 6.45) is 0. The van der Waals surface area contributed by atoms with Crippen molar-refractivity contribution in [2.24, 2.45) is 0 Å². The van der Waals surface area contributed by atoms with Gasteiger partial charge in [-0.05, 0) is 30.3 Å². The fourth-order valence-corrected chi connectivity index (χ4v) is 5.74. The van der Waals surface area contributed by atoms with Crippen LogP contribution < -0.4 is 10.2 Å². The van der Waals surface area contributed by atoms with Crippen molar-refractivity contribution in [2.75, 3.05) is 22.5 Å². The number of anilines is 2. The number of fused-ring (bicyclic) bond motifs is 2. The van der Waals surface area contributed by atoms with Crippen molar-refractivity contribution < 1.29 is 18.4 Å². The lowest BCUT2D eigenvalue weighted by Gasteiger charge is -2.33. The normalized spacial score (nSPS) is 19.5. The Kier molecular flexibility index (Phi) is 5.09. The average Bonchev–Trinajstić information content (AvgIpc) is 3.33. The third kappa shape index (κ3) is 3.22. The van der Waals surface area contributed by atoms with Crippen molar-refractivity contribution in [3.63, 3.8) is 0 Å². The Bertz CT molecular complexity index is 1220. The molecule has 1 N–H and O–H groups in total. The molecule has 0 aliphatic carbocycles. The Hall–Kier alpha value is -3.39. The average molecular weight is 451 g/mol. The van der Waals surface area contributed by atoms with E-state index in [4.69, 9.17) is 0 Å². The van der Waals surface area contributed by atoms with Gasteiger partial charge >= 0.3 is 6.03 Å². The summed E-state index contributed by atoms with van der Waals surface area (Å²) in [6, 6.07) is 18.7. The number of urea groups is 1. The van der Waals surface area contributed by atoms with Crippen molar-refractivity contribution in [1.82, 2.24) is 4.90 Å². The number of halogens is 2. The Morgan fingerprint density at radius 2 is 1.81 bits per heavy atom. The highest BCUT2D eigenvalue weighted by Crippen LogP contribution is 2.54. The molecule has 3 aromatic carbocycles. The molecule has 1 fully saturated rings. The lowest BCUT2D eigenvalue weighted by atomic mass is 10.1. The standard InChI is InChI=1S/C24H19F2N3O2S/c25-17-7-5-8-18(14-17)27-23(31)29-12-13-32-24(29)19-9-2-4-11-21(19)28(22(24)30)15-16-6-1-3-10-20(16)26/h1-11,14H,12-13,15H2,(H,27,31)/t24-/m1/s1. The number of para-hydroxylation sites is 1. The van der Waals surface area contributed by atoms with Gasteiger partial charge in [-0.3, -0.25) is 9.69 Å². The van der Waals surface area contributed by atoms with Crippen molar-refractivity contribution in [3.8, 4) is 0 Å². The van der Waals surface area contributed by atoms with Crippen LogP contribution in [-0.4, -0.2) is 29.1 Å². The van der Waals surface area contributed by atoms with Gasteiger partial charge < -0.3 is 10.2 Å². The third-order valence-electron chi connectivity index (χ3n) is 5.71. The number of nitrogens with one attached hydrogen (secondary N) is 1. The minimum absolute atomic E-state index is 0.0597. The van der Waals surface area contributed by atoms with Gasteiger partial charge in [0.25, 0.3) is 5.91 Å². The molecule has 5 nitrogen and oxygen atoms in total. The van der Waals surface area contributed by atoms with Gasteiger partial charge in [0.2, 0.25) is 0 Å². The number of hydrogen-bond acceptors (Lipinski definition) is 3. The van der Waals surface area contributed by atoms with Crippen LogP contribution in [0, 0.1) is 11.6 Å². The van der Waals surface area contributed by atoms with E-state index in [0.29, 0.717) is 34.8 Å². The van der Waals surface area contributed by atoms with Crippen LogP contribution in [0.15, 0.2) is 72.8 Å². The first-order chi connectivity index (χ1) is 15.5. The molecule has 2 heterocycles. The third-order valence-corrected chi connectivity index (χ3v) is 7.13. The lowest BCUT2D eigenvalue weighted by molar-refractivity contribution is -0.123. The molecule has 0 unspecified atom stereocenters. The number of amides is 3. The molecule has 0 bridgehead atoms. The number of hydrogen-bond donors (Lipinski definition) is 1. The van der Waals surface area contributed by atoms with E-state index in [1.165, 1.54) is 45.8 Å². The van der Waals surface area contributed by atoms with Gasteiger partial charge in [0.05, 0.1) is 12.2 Å². The first-order valence-corrected chi connectivity index (χ1v) is 11.1. The summed E-state index contributed by atoms with van der Waals surface area (Å²) in [5, 5.41) is 2.70. The smallest absolute Gasteiger partial charge is 0.308 e. The van der Waals surface area contributed by atoms with Gasteiger partial charge in [-0.2, -0.15) is 0 Å². The van der Waals surface area contributed by atoms with Gasteiger partial charge in [-0.25, -0.2) is 13.6 Å². The highest BCUT2D eigenvalue weighted by Gasteiger charge is 2.59. The van der Waals surface area contributed by atoms with E-state index in [9.17, 15) is 18.4 Å². The van der Waals surface area contributed by atoms with Crippen LogP contribution in [0.3, 0.4) is 0 Å². The first kappa shape index (κ1) is 20.5. The molecule has 8 heteroatoms. The number of rotatable bonds is 3. The number of carbonyl (C=O) groups excluding carboxylic acids is 2. The largest absolute Gasteiger partial charge is 0.323 e. The highest BCUT2D eigenvalue weighted by atomic mass is 32.2. The molecular weight excluding hydrogens is 432 g/mol. The predicted octanol–water partition coefficient (Wildman–Crippen LogP) is 4.95. The van der Waals surface area contributed by atoms with E-state index in [0.717, 1.165) is 0 Å². The summed E-state index contributed by atoms with van der Waals surface area (Å²) < 4.78 is 27.9. The van der Waals surface area contributed by atoms with Crippen LogP contribution in [0.2, 0.25) is 0 Å². The Labute approximate surface area is 188 Å². The van der Waals surface area contributed by atoms with Crippen LogP contribution in [0.5, 0.6) is 0 Å². The molecule has 1 spiro atoms. The van der Waals surface area contributed by atoms with Crippen molar-refractivity contribution in [3.05, 3.63) is 95.6 Å². The van der Waals surface area contributed by atoms with Gasteiger partial charge in [-0.15, -0.1) is 11.8 Å². The number of benzene rings is 3. The van der Waals surface area contributed by atoms with Gasteiger partial charge in [0, 0.05) is 29.1 Å². The molecule has 1 atom stereocenters. The summed E-state index contributed by atoms with van der Waals surface area (Å²) >= 11 is 1.38. The van der Waals surface area contributed by atoms with E-state index in [2.05, 4.69) is 5.32 Å². The summed E-state index contributed by atoms with van der Waals surface area (Å²) in [6.45, 7) is 0.406. The van der Waals surface area contributed by atoms with Crippen LogP contribution in [0.4, 0.5) is 25.0 Å². The zero-order valence-electron chi connectivity index (χ0n) is 16.9. The maximum Gasteiger partial charge on any atom is 0.323 e. The summed E-state index contributed by atoms with van der Waals surface area (Å²) in [4.78, 5) is 28.8. The lowest BCUT2D eigenvalue weighted by Crippen LogP contribution is -2.51. The number of thioether (sulfide) groups is 1. The Morgan fingerprint density at radius 1 is 1.03 bits per heavy atom. The topological polar surface area (TPSA) is 52.7 Å². The monoisotopic (exact) mass is 451 g/mol. The van der Waals surface area contributed by atoms with E-state index >= 15 is 0 Å². The molecule has 0 radical (unpaired) electrons. The second-order valence-corrected chi connectivity index (χ2v) is 8.87. The Morgan fingerprint density at radius 3 is 2.62 bits per heavy atom. The molecular formula is C24H19F2N3O2S. The van der Waals surface area contributed by atoms with Crippen LogP contribution in [0.1, 0.15) is 11.1 Å². The summed E-state index contributed by atoms with van der Waals surface area (Å²) in [5.41, 5.74) is 2.05. The van der Waals surface area contributed by atoms with E-state index in [1.807, 2.05) is 24.3 Å². The molecule has 1 saturated heterocycles. The fourth-order valence-electron chi connectivity index (χ4n) is 4.28. The molecule has 5 rings (SSSR count). The van der Waals surface area contributed by atoms with Gasteiger partial charge in [0.15, 0.2) is 4.87 Å². The van der Waals surface area contributed by atoms with E-state index in [-0.39, 0.29) is 12.5 Å². The van der Waals surface area contributed by atoms with Crippen LogP contribution >= 0.6 is 11.8 Å². The maximum absolute atomic E-state index is 14.3. The second-order valence-electron chi connectivity index (χ2n) is 7.58. The fraction of sp³-hybridized carbons (Fsp3) is 0.167. The zero-order valence-corrected chi connectivity index (χ0v) is 17.7. The van der Waals surface area contributed by atoms with Crippen LogP contribution in [-0.2, 0) is 16.2 Å². The second kappa shape index (κ2) is 7.94. The SMILES string of the molecule is O=C(Nc1cccc(F)c1)N1CCS[C@]12C(=O)N(Cc1ccccc1F)c1ccccc12. The molecule has 0 aromatic heterocycles. The molecule has 0 saturated carbocycles. The van der Waals surface area contributed by atoms with Gasteiger partial charge in [-0.1, -0.05) is 42.5 Å². The molecule has 2 aliphatic heterocycles. The van der Waals surface area contributed by atoms with Crippen molar-refractivity contribution in [2.45, 2.75) is 11.4 Å². The summed E-state index contributed by atoms with van der Waals surface area (Å²) in [7, 11) is 0. The van der Waals surface area contributed by atoms with Gasteiger partial charge in [0.1, 0.15) is 11.6 Å². The molecule has 3 aromatic rings. The first-order valence-electron chi connectivity index (χ1n) is 10.1. The molecule has 2 aliphatic rings. The quantitative estimate of drug-likeness (QED) is 0.613. The van der Waals surface area contributed by atoms with Crippen molar-refractivity contribution in [1.29, 1.82) is 0 Å². The predicted molar refractivity (Wildman–Crippen MR) is 120 cm³/mol. The summed E-state index contributed by atoms with van der Waals surface area (Å²) in [5.74, 6) is -0.589. The van der Waals surface area contributed by atoms with Crippen molar-refractivity contribution >= 4 is 35.1 Å². The highest BCUT2D eigenvalue weighted by molar-refractivity contribution is 8.01. The van der Waals surface area contributed by atoms with E-state index in [1.54, 1.807) is 24.3 Å². The van der Waals surface area contributed by atoms with Crippen LogP contribution in [0.25, 0.3) is 0 Å².